The van der Waals surface area contributed by atoms with Gasteiger partial charge in [0.15, 0.2) is 28.8 Å². The van der Waals surface area contributed by atoms with Crippen LogP contribution in [-0.4, -0.2) is 26.8 Å². The molecule has 3 rings (SSSR count). The Morgan fingerprint density at radius 3 is 2.50 bits per heavy atom. The van der Waals surface area contributed by atoms with Gasteiger partial charge in [-0.2, -0.15) is 0 Å². The zero-order valence-corrected chi connectivity index (χ0v) is 13.4. The Bertz CT molecular complexity index is 813. The van der Waals surface area contributed by atoms with Crippen molar-refractivity contribution < 1.29 is 23.7 Å². The molecule has 6 nitrogen and oxygen atoms in total. The molecule has 0 aliphatic carbocycles. The van der Waals surface area contributed by atoms with Crippen molar-refractivity contribution in [3.63, 3.8) is 0 Å². The average molecular weight is 327 g/mol. The van der Waals surface area contributed by atoms with Gasteiger partial charge >= 0.3 is 0 Å². The molecule has 2 aromatic carbocycles. The van der Waals surface area contributed by atoms with E-state index in [9.17, 15) is 4.79 Å². The van der Waals surface area contributed by atoms with Gasteiger partial charge < -0.3 is 24.7 Å². The number of hydrogen-bond donors (Lipinski definition) is 1. The van der Waals surface area contributed by atoms with Crippen molar-refractivity contribution in [1.29, 1.82) is 0 Å². The van der Waals surface area contributed by atoms with Crippen molar-refractivity contribution in [2.45, 2.75) is 0 Å². The maximum Gasteiger partial charge on any atom is 0.231 e. The number of rotatable bonds is 5. The number of nitrogens with two attached hydrogens (primary N) is 1. The molecule has 24 heavy (non-hydrogen) atoms. The number of allylic oxidation sites excluding steroid dienone is 1. The van der Waals surface area contributed by atoms with Crippen LogP contribution in [0, 0.1) is 0 Å². The number of carbonyl (C=O) groups excluding carboxylic acids is 1. The summed E-state index contributed by atoms with van der Waals surface area (Å²) in [4.78, 5) is 12.4. The smallest absolute Gasteiger partial charge is 0.231 e. The summed E-state index contributed by atoms with van der Waals surface area (Å²) in [6.07, 6.45) is 3.14. The summed E-state index contributed by atoms with van der Waals surface area (Å²) >= 11 is 0. The van der Waals surface area contributed by atoms with Gasteiger partial charge in [-0.15, -0.1) is 0 Å². The summed E-state index contributed by atoms with van der Waals surface area (Å²) in [7, 11) is 3.13. The maximum absolute atomic E-state index is 12.4. The third kappa shape index (κ3) is 2.99. The van der Waals surface area contributed by atoms with Crippen molar-refractivity contribution in [2.75, 3.05) is 26.7 Å². The third-order valence-electron chi connectivity index (χ3n) is 3.64. The maximum atomic E-state index is 12.4. The summed E-state index contributed by atoms with van der Waals surface area (Å²) in [5, 5.41) is 0. The van der Waals surface area contributed by atoms with E-state index in [1.54, 1.807) is 44.6 Å². The Morgan fingerprint density at radius 1 is 1.08 bits per heavy atom. The van der Waals surface area contributed by atoms with Crippen LogP contribution < -0.4 is 24.7 Å². The highest BCUT2D eigenvalue weighted by Crippen LogP contribution is 2.36. The average Bonchev–Trinajstić information content (AvgIpc) is 3.05. The van der Waals surface area contributed by atoms with Gasteiger partial charge in [0.2, 0.25) is 6.79 Å². The molecule has 0 atom stereocenters. The number of carbonyl (C=O) groups is 1. The monoisotopic (exact) mass is 327 g/mol. The zero-order valence-electron chi connectivity index (χ0n) is 13.4. The van der Waals surface area contributed by atoms with Crippen LogP contribution >= 0.6 is 0 Å². The Balaban J connectivity index is 1.83. The Labute approximate surface area is 139 Å². The molecule has 1 heterocycles. The summed E-state index contributed by atoms with van der Waals surface area (Å²) in [5.74, 6) is 2.07. The summed E-state index contributed by atoms with van der Waals surface area (Å²) in [5.41, 5.74) is 7.45. The van der Waals surface area contributed by atoms with E-state index >= 15 is 0 Å². The number of benzene rings is 2. The van der Waals surface area contributed by atoms with E-state index < -0.39 is 0 Å². The SMILES string of the molecule is COc1ccc(C=CC(=O)c2cc3c(cc2N)OCO3)cc1OC. The van der Waals surface area contributed by atoms with Gasteiger partial charge in [0.05, 0.1) is 14.2 Å². The lowest BCUT2D eigenvalue weighted by atomic mass is 10.1. The summed E-state index contributed by atoms with van der Waals surface area (Å²) < 4.78 is 20.9. The second kappa shape index (κ2) is 6.54. The van der Waals surface area contributed by atoms with E-state index in [0.717, 1.165) is 5.56 Å². The quantitative estimate of drug-likeness (QED) is 0.517. The van der Waals surface area contributed by atoms with Gasteiger partial charge in [-0.3, -0.25) is 4.79 Å². The van der Waals surface area contributed by atoms with Crippen LogP contribution in [0.5, 0.6) is 23.0 Å². The van der Waals surface area contributed by atoms with Gasteiger partial charge in [-0.1, -0.05) is 12.1 Å². The number of methoxy groups -OCH3 is 2. The van der Waals surface area contributed by atoms with Gasteiger partial charge in [-0.25, -0.2) is 0 Å². The molecule has 0 unspecified atom stereocenters. The molecule has 124 valence electrons. The fourth-order valence-corrected chi connectivity index (χ4v) is 2.39. The highest BCUT2D eigenvalue weighted by Gasteiger charge is 2.18. The summed E-state index contributed by atoms with van der Waals surface area (Å²) in [6.45, 7) is 0.133. The molecule has 0 aromatic heterocycles. The molecule has 0 fully saturated rings. The number of nitrogen functional groups attached to an aromatic ring is 1. The minimum Gasteiger partial charge on any atom is -0.493 e. The topological polar surface area (TPSA) is 80.0 Å². The molecule has 6 heteroatoms. The molecule has 2 N–H and O–H groups in total. The second-order valence-electron chi connectivity index (χ2n) is 5.10. The highest BCUT2D eigenvalue weighted by atomic mass is 16.7. The van der Waals surface area contributed by atoms with Crippen LogP contribution in [0.4, 0.5) is 5.69 Å². The van der Waals surface area contributed by atoms with Crippen molar-refractivity contribution in [3.8, 4) is 23.0 Å². The molecule has 0 amide bonds. The standard InChI is InChI=1S/C18H17NO5/c1-21-15-6-4-11(7-16(15)22-2)3-5-14(20)12-8-17-18(9-13(12)19)24-10-23-17/h3-9H,10,19H2,1-2H3. The fraction of sp³-hybridized carbons (Fsp3) is 0.167. The number of hydrogen-bond acceptors (Lipinski definition) is 6. The second-order valence-corrected chi connectivity index (χ2v) is 5.10. The largest absolute Gasteiger partial charge is 0.493 e. The van der Waals surface area contributed by atoms with E-state index in [0.29, 0.717) is 34.2 Å². The van der Waals surface area contributed by atoms with Gasteiger partial charge in [0, 0.05) is 17.3 Å². The number of ether oxygens (including phenoxy) is 4. The molecule has 0 saturated heterocycles. The summed E-state index contributed by atoms with van der Waals surface area (Å²) in [6, 6.07) is 8.58. The Hall–Kier alpha value is -3.15. The molecular formula is C18H17NO5. The molecule has 0 bridgehead atoms. The molecule has 1 aliphatic heterocycles. The van der Waals surface area contributed by atoms with Crippen LogP contribution in [0.3, 0.4) is 0 Å². The zero-order chi connectivity index (χ0) is 17.1. The fourth-order valence-electron chi connectivity index (χ4n) is 2.39. The normalized spacial score (nSPS) is 12.4. The van der Waals surface area contributed by atoms with E-state index in [2.05, 4.69) is 0 Å². The molecular weight excluding hydrogens is 310 g/mol. The number of fused-ring (bicyclic) bond motifs is 1. The number of ketones is 1. The first-order chi connectivity index (χ1) is 11.6. The Kier molecular flexibility index (Phi) is 4.29. The minimum atomic E-state index is -0.222. The lowest BCUT2D eigenvalue weighted by molar-refractivity contribution is 0.104. The Morgan fingerprint density at radius 2 is 1.79 bits per heavy atom. The molecule has 0 spiro atoms. The van der Waals surface area contributed by atoms with Crippen molar-refractivity contribution in [2.24, 2.45) is 0 Å². The molecule has 0 radical (unpaired) electrons. The van der Waals surface area contributed by atoms with Gasteiger partial charge in [0.1, 0.15) is 0 Å². The van der Waals surface area contributed by atoms with E-state index in [-0.39, 0.29) is 12.6 Å². The van der Waals surface area contributed by atoms with Crippen LogP contribution in [0.2, 0.25) is 0 Å². The van der Waals surface area contributed by atoms with E-state index in [4.69, 9.17) is 24.7 Å². The highest BCUT2D eigenvalue weighted by molar-refractivity contribution is 6.10. The minimum absolute atomic E-state index is 0.133. The van der Waals surface area contributed by atoms with Crippen molar-refractivity contribution in [1.82, 2.24) is 0 Å². The van der Waals surface area contributed by atoms with Gasteiger partial charge in [0.25, 0.3) is 0 Å². The van der Waals surface area contributed by atoms with E-state index in [1.165, 1.54) is 6.08 Å². The third-order valence-corrected chi connectivity index (χ3v) is 3.64. The number of anilines is 1. The van der Waals surface area contributed by atoms with Crippen molar-refractivity contribution >= 4 is 17.5 Å². The van der Waals surface area contributed by atoms with Crippen LogP contribution in [0.1, 0.15) is 15.9 Å². The lowest BCUT2D eigenvalue weighted by Gasteiger charge is -2.07. The van der Waals surface area contributed by atoms with Crippen LogP contribution in [0.15, 0.2) is 36.4 Å². The van der Waals surface area contributed by atoms with E-state index in [1.807, 2.05) is 6.07 Å². The lowest BCUT2D eigenvalue weighted by Crippen LogP contribution is -2.00. The van der Waals surface area contributed by atoms with Crippen LogP contribution in [-0.2, 0) is 0 Å². The van der Waals surface area contributed by atoms with Gasteiger partial charge in [-0.05, 0) is 29.8 Å². The molecule has 2 aromatic rings. The van der Waals surface area contributed by atoms with Crippen molar-refractivity contribution in [3.05, 3.63) is 47.5 Å². The molecule has 1 aliphatic rings. The predicted molar refractivity (Wildman–Crippen MR) is 89.9 cm³/mol. The molecule has 0 saturated carbocycles. The van der Waals surface area contributed by atoms with Crippen LogP contribution in [0.25, 0.3) is 6.08 Å². The first-order valence-electron chi connectivity index (χ1n) is 7.26. The predicted octanol–water partition coefficient (Wildman–Crippen LogP) is 2.91. The first-order valence-corrected chi connectivity index (χ1v) is 7.26. The first kappa shape index (κ1) is 15.7.